The average Bonchev–Trinajstić information content (AvgIpc) is 2.96. The molecular weight excluding hydrogens is 382 g/mol. The van der Waals surface area contributed by atoms with E-state index in [1.807, 2.05) is 17.0 Å². The largest absolute Gasteiger partial charge is 0.370 e. The molecule has 0 bridgehead atoms. The van der Waals surface area contributed by atoms with E-state index in [0.717, 1.165) is 62.2 Å². The van der Waals surface area contributed by atoms with Gasteiger partial charge in [-0.05, 0) is 43.1 Å². The molecule has 31 heavy (non-hydrogen) atoms. The highest BCUT2D eigenvalue weighted by Gasteiger charge is 2.30. The molecule has 3 aromatic carbocycles. The van der Waals surface area contributed by atoms with E-state index in [9.17, 15) is 4.79 Å². The minimum atomic E-state index is 0.0839. The molecule has 3 aromatic rings. The lowest BCUT2D eigenvalue weighted by molar-refractivity contribution is 0.0996. The van der Waals surface area contributed by atoms with E-state index >= 15 is 0 Å². The van der Waals surface area contributed by atoms with Crippen LogP contribution >= 0.6 is 0 Å². The Bertz CT molecular complexity index is 1110. The van der Waals surface area contributed by atoms with Gasteiger partial charge in [0.1, 0.15) is 0 Å². The summed E-state index contributed by atoms with van der Waals surface area (Å²) in [6.07, 6.45) is 4.05. The number of hydrogen-bond acceptors (Lipinski definition) is 3. The number of anilines is 2. The molecule has 0 N–H and O–H groups in total. The number of hydrogen-bond donors (Lipinski definition) is 0. The molecule has 0 unspecified atom stereocenters. The summed E-state index contributed by atoms with van der Waals surface area (Å²) in [5, 5.41) is 2.28. The summed E-state index contributed by atoms with van der Waals surface area (Å²) in [4.78, 5) is 19.8. The Hall–Kier alpha value is -3.11. The van der Waals surface area contributed by atoms with Crippen molar-refractivity contribution in [1.82, 2.24) is 4.90 Å². The Morgan fingerprint density at radius 2 is 1.71 bits per heavy atom. The predicted octanol–water partition coefficient (Wildman–Crippen LogP) is 4.74. The smallest absolute Gasteiger partial charge is 0.259 e. The quantitative estimate of drug-likeness (QED) is 0.548. The fourth-order valence-electron chi connectivity index (χ4n) is 4.98. The van der Waals surface area contributed by atoms with Gasteiger partial charge in [-0.25, -0.2) is 0 Å². The highest BCUT2D eigenvalue weighted by Crippen LogP contribution is 2.41. The minimum absolute atomic E-state index is 0.0839. The van der Waals surface area contributed by atoms with Crippen molar-refractivity contribution in [2.45, 2.75) is 12.8 Å². The fourth-order valence-corrected chi connectivity index (χ4v) is 4.98. The minimum Gasteiger partial charge on any atom is -0.370 e. The molecule has 1 saturated heterocycles. The zero-order valence-electron chi connectivity index (χ0n) is 18.0. The second-order valence-corrected chi connectivity index (χ2v) is 8.45. The van der Waals surface area contributed by atoms with Crippen LogP contribution < -0.4 is 9.80 Å². The summed E-state index contributed by atoms with van der Waals surface area (Å²) in [5.41, 5.74) is 4.48. The van der Waals surface area contributed by atoms with E-state index in [1.54, 1.807) is 6.08 Å². The third-order valence-corrected chi connectivity index (χ3v) is 6.56. The summed E-state index contributed by atoms with van der Waals surface area (Å²) in [6.45, 7) is 9.73. The van der Waals surface area contributed by atoms with E-state index in [4.69, 9.17) is 0 Å². The molecule has 1 amide bonds. The second kappa shape index (κ2) is 8.56. The zero-order valence-corrected chi connectivity index (χ0v) is 18.0. The molecule has 0 atom stereocenters. The number of nitrogens with zero attached hydrogens (tertiary/aromatic N) is 3. The van der Waals surface area contributed by atoms with Crippen LogP contribution in [0.4, 0.5) is 11.4 Å². The van der Waals surface area contributed by atoms with E-state index in [2.05, 4.69) is 64.9 Å². The van der Waals surface area contributed by atoms with Crippen LogP contribution in [-0.2, 0) is 6.42 Å². The lowest BCUT2D eigenvalue weighted by atomic mass is 10.0. The van der Waals surface area contributed by atoms with Gasteiger partial charge in [-0.1, -0.05) is 48.5 Å². The van der Waals surface area contributed by atoms with Crippen molar-refractivity contribution >= 4 is 28.1 Å². The maximum absolute atomic E-state index is 12.9. The zero-order chi connectivity index (χ0) is 21.2. The number of carbonyl (C=O) groups excluding carboxylic acids is 1. The van der Waals surface area contributed by atoms with Gasteiger partial charge in [-0.3, -0.25) is 4.79 Å². The third kappa shape index (κ3) is 3.72. The molecule has 4 nitrogen and oxygen atoms in total. The van der Waals surface area contributed by atoms with Crippen LogP contribution in [0.5, 0.6) is 0 Å². The van der Waals surface area contributed by atoms with Crippen LogP contribution in [0, 0.1) is 0 Å². The van der Waals surface area contributed by atoms with E-state index < -0.39 is 0 Å². The van der Waals surface area contributed by atoms with E-state index in [-0.39, 0.29) is 5.91 Å². The van der Waals surface area contributed by atoms with Gasteiger partial charge in [0.25, 0.3) is 5.91 Å². The summed E-state index contributed by atoms with van der Waals surface area (Å²) in [7, 11) is 0. The first-order valence-electron chi connectivity index (χ1n) is 11.3. The van der Waals surface area contributed by atoms with E-state index in [1.165, 1.54) is 16.6 Å². The van der Waals surface area contributed by atoms with Crippen molar-refractivity contribution in [1.29, 1.82) is 0 Å². The van der Waals surface area contributed by atoms with Crippen LogP contribution in [0.25, 0.3) is 10.8 Å². The molecule has 0 saturated carbocycles. The summed E-state index contributed by atoms with van der Waals surface area (Å²) in [5.74, 6) is 0.0839. The Morgan fingerprint density at radius 3 is 2.55 bits per heavy atom. The van der Waals surface area contributed by atoms with Crippen molar-refractivity contribution in [3.63, 3.8) is 0 Å². The lowest BCUT2D eigenvalue weighted by Gasteiger charge is -2.26. The normalized spacial score (nSPS) is 16.7. The van der Waals surface area contributed by atoms with Crippen LogP contribution in [0.2, 0.25) is 0 Å². The molecule has 2 aliphatic heterocycles. The molecule has 0 aliphatic carbocycles. The van der Waals surface area contributed by atoms with Gasteiger partial charge in [0.2, 0.25) is 0 Å². The molecule has 1 fully saturated rings. The molecule has 0 spiro atoms. The fraction of sp³-hybridized carbons (Fsp3) is 0.296. The molecule has 2 aliphatic rings. The molecule has 4 heteroatoms. The van der Waals surface area contributed by atoms with Gasteiger partial charge < -0.3 is 14.7 Å². The van der Waals surface area contributed by atoms with Crippen molar-refractivity contribution in [2.24, 2.45) is 0 Å². The summed E-state index contributed by atoms with van der Waals surface area (Å²) in [6, 6.07) is 21.2. The van der Waals surface area contributed by atoms with Crippen molar-refractivity contribution in [3.8, 4) is 0 Å². The van der Waals surface area contributed by atoms with Crippen LogP contribution in [0.1, 0.15) is 22.3 Å². The van der Waals surface area contributed by atoms with Gasteiger partial charge >= 0.3 is 0 Å². The van der Waals surface area contributed by atoms with Gasteiger partial charge in [0.15, 0.2) is 0 Å². The summed E-state index contributed by atoms with van der Waals surface area (Å²) < 4.78 is 0. The maximum Gasteiger partial charge on any atom is 0.259 e. The van der Waals surface area contributed by atoms with Crippen molar-refractivity contribution < 1.29 is 4.79 Å². The SMILES string of the molecule is C=CCN1C(=O)c2cccc3c(N4CCCN(CCc5ccccc5)CC4)ccc1c23. The second-order valence-electron chi connectivity index (χ2n) is 8.45. The Balaban J connectivity index is 1.36. The van der Waals surface area contributed by atoms with E-state index in [0.29, 0.717) is 6.54 Å². The van der Waals surface area contributed by atoms with Crippen LogP contribution in [-0.4, -0.2) is 50.1 Å². The number of carbonyl (C=O) groups is 1. The Morgan fingerprint density at radius 1 is 0.871 bits per heavy atom. The Kier molecular flexibility index (Phi) is 5.47. The topological polar surface area (TPSA) is 26.8 Å². The summed E-state index contributed by atoms with van der Waals surface area (Å²) >= 11 is 0. The van der Waals surface area contributed by atoms with Gasteiger partial charge in [0, 0.05) is 54.7 Å². The number of benzene rings is 3. The maximum atomic E-state index is 12.9. The van der Waals surface area contributed by atoms with Gasteiger partial charge in [-0.2, -0.15) is 0 Å². The monoisotopic (exact) mass is 411 g/mol. The highest BCUT2D eigenvalue weighted by atomic mass is 16.2. The number of amides is 1. The number of rotatable bonds is 6. The van der Waals surface area contributed by atoms with Crippen molar-refractivity contribution in [2.75, 3.05) is 49.1 Å². The average molecular weight is 412 g/mol. The van der Waals surface area contributed by atoms with Gasteiger partial charge in [0.05, 0.1) is 5.69 Å². The standard InChI is InChI=1S/C27H29N3O/c1-2-15-30-25-13-12-24(22-10-6-11-23(26(22)25)27(30)31)29-17-7-16-28(19-20-29)18-14-21-8-4-3-5-9-21/h2-6,8-13H,1,7,14-20H2. The highest BCUT2D eigenvalue weighted by molar-refractivity contribution is 6.26. The first kappa shape index (κ1) is 19.8. The molecule has 158 valence electrons. The van der Waals surface area contributed by atoms with Crippen molar-refractivity contribution in [3.05, 3.63) is 84.4 Å². The van der Waals surface area contributed by atoms with Gasteiger partial charge in [-0.15, -0.1) is 6.58 Å². The predicted molar refractivity (Wildman–Crippen MR) is 129 cm³/mol. The third-order valence-electron chi connectivity index (χ3n) is 6.56. The molecule has 0 radical (unpaired) electrons. The van der Waals surface area contributed by atoms with Crippen LogP contribution in [0.15, 0.2) is 73.3 Å². The molecule has 5 rings (SSSR count). The first-order valence-corrected chi connectivity index (χ1v) is 11.3. The molecular formula is C27H29N3O. The van der Waals surface area contributed by atoms with Crippen LogP contribution in [0.3, 0.4) is 0 Å². The molecule has 2 heterocycles. The lowest BCUT2D eigenvalue weighted by Crippen LogP contribution is -2.32. The Labute approximate surface area is 184 Å². The first-order chi connectivity index (χ1) is 15.3. The molecule has 0 aromatic heterocycles.